The summed E-state index contributed by atoms with van der Waals surface area (Å²) in [7, 11) is 0. The lowest BCUT2D eigenvalue weighted by molar-refractivity contribution is 0.303. The molecule has 0 bridgehead atoms. The van der Waals surface area contributed by atoms with Crippen molar-refractivity contribution in [2.75, 3.05) is 0 Å². The van der Waals surface area contributed by atoms with E-state index in [2.05, 4.69) is 6.92 Å². The van der Waals surface area contributed by atoms with E-state index in [4.69, 9.17) is 0 Å². The van der Waals surface area contributed by atoms with Gasteiger partial charge in [0.25, 0.3) is 0 Å². The van der Waals surface area contributed by atoms with Crippen LogP contribution < -0.4 is 0 Å². The lowest BCUT2D eigenvalue weighted by Gasteiger charge is -2.29. The molecule has 0 amide bonds. The number of hydrogen-bond acceptors (Lipinski definition) is 0. The maximum atomic E-state index is 13.8. The van der Waals surface area contributed by atoms with Gasteiger partial charge in [-0.2, -0.15) is 0 Å². The van der Waals surface area contributed by atoms with Crippen molar-refractivity contribution in [1.82, 2.24) is 0 Å². The fraction of sp³-hybridized carbons (Fsp3) is 0.524. The van der Waals surface area contributed by atoms with Crippen LogP contribution in [-0.4, -0.2) is 0 Å². The van der Waals surface area contributed by atoms with Crippen LogP contribution in [0.4, 0.5) is 13.2 Å². The summed E-state index contributed by atoms with van der Waals surface area (Å²) in [5.74, 6) is -2.30. The van der Waals surface area contributed by atoms with Crippen molar-refractivity contribution in [3.63, 3.8) is 0 Å². The molecule has 0 aromatic heterocycles. The Morgan fingerprint density at radius 1 is 0.917 bits per heavy atom. The first-order valence-corrected chi connectivity index (χ1v) is 9.17. The van der Waals surface area contributed by atoms with Gasteiger partial charge >= 0.3 is 0 Å². The molecule has 3 heteroatoms. The van der Waals surface area contributed by atoms with Crippen LogP contribution in [0.5, 0.6) is 0 Å². The summed E-state index contributed by atoms with van der Waals surface area (Å²) in [6.45, 7) is 2.23. The molecule has 24 heavy (non-hydrogen) atoms. The average Bonchev–Trinajstić information content (AvgIpc) is 2.60. The van der Waals surface area contributed by atoms with E-state index in [1.807, 2.05) is 12.1 Å². The summed E-state index contributed by atoms with van der Waals surface area (Å²) in [6.07, 6.45) is 9.97. The molecule has 0 spiro atoms. The monoisotopic (exact) mass is 334 g/mol. The van der Waals surface area contributed by atoms with Crippen LogP contribution in [0.25, 0.3) is 10.8 Å². The summed E-state index contributed by atoms with van der Waals surface area (Å²) in [6, 6.07) is 6.41. The third-order valence-electron chi connectivity index (χ3n) is 5.53. The smallest absolute Gasteiger partial charge is 0.195 e. The SMILES string of the molecule is CCCCC[C@H]1CC[C@H](c2ccc3c(F)c(F)c(F)cc3c2)CC1. The minimum Gasteiger partial charge on any atom is -0.204 e. The zero-order valence-electron chi connectivity index (χ0n) is 14.3. The maximum absolute atomic E-state index is 13.8. The molecule has 3 rings (SSSR count). The minimum absolute atomic E-state index is 0.158. The molecule has 0 N–H and O–H groups in total. The van der Waals surface area contributed by atoms with Gasteiger partial charge in [-0.05, 0) is 54.5 Å². The van der Waals surface area contributed by atoms with E-state index in [0.717, 1.165) is 30.4 Å². The van der Waals surface area contributed by atoms with Gasteiger partial charge < -0.3 is 0 Å². The van der Waals surface area contributed by atoms with E-state index in [1.165, 1.54) is 38.5 Å². The van der Waals surface area contributed by atoms with E-state index < -0.39 is 17.5 Å². The molecule has 0 atom stereocenters. The molecule has 0 unspecified atom stereocenters. The fourth-order valence-corrected chi connectivity index (χ4v) is 4.04. The topological polar surface area (TPSA) is 0 Å². The van der Waals surface area contributed by atoms with E-state index in [0.29, 0.717) is 11.3 Å². The van der Waals surface area contributed by atoms with E-state index >= 15 is 0 Å². The van der Waals surface area contributed by atoms with Gasteiger partial charge in [-0.25, -0.2) is 13.2 Å². The third kappa shape index (κ3) is 3.60. The summed E-state index contributed by atoms with van der Waals surface area (Å²) in [5, 5.41) is 0.611. The Bertz CT molecular complexity index is 700. The molecule has 0 aliphatic heterocycles. The van der Waals surface area contributed by atoms with Crippen molar-refractivity contribution in [3.8, 4) is 0 Å². The molecule has 2 aromatic rings. The van der Waals surface area contributed by atoms with Crippen LogP contribution in [-0.2, 0) is 0 Å². The fourth-order valence-electron chi connectivity index (χ4n) is 4.04. The quantitative estimate of drug-likeness (QED) is 0.403. The molecular weight excluding hydrogens is 309 g/mol. The zero-order chi connectivity index (χ0) is 17.1. The predicted molar refractivity (Wildman–Crippen MR) is 92.7 cm³/mol. The minimum atomic E-state index is -1.39. The Balaban J connectivity index is 1.71. The Morgan fingerprint density at radius 3 is 2.38 bits per heavy atom. The molecule has 1 aliphatic carbocycles. The number of rotatable bonds is 5. The first-order chi connectivity index (χ1) is 11.6. The molecule has 0 heterocycles. The standard InChI is InChI=1S/C21H25F3/c1-2-3-4-5-14-6-8-15(9-7-14)16-10-11-18-17(12-16)13-19(22)21(24)20(18)23/h10-15H,2-9H2,1H3/t14-,15-. The first kappa shape index (κ1) is 17.3. The lowest BCUT2D eigenvalue weighted by atomic mass is 9.77. The van der Waals surface area contributed by atoms with Crippen molar-refractivity contribution in [2.24, 2.45) is 5.92 Å². The van der Waals surface area contributed by atoms with E-state index in [-0.39, 0.29) is 5.39 Å². The second-order valence-corrected chi connectivity index (χ2v) is 7.18. The highest BCUT2D eigenvalue weighted by molar-refractivity contribution is 5.84. The summed E-state index contributed by atoms with van der Waals surface area (Å²) in [5.41, 5.74) is 1.12. The summed E-state index contributed by atoms with van der Waals surface area (Å²) < 4.78 is 40.6. The maximum Gasteiger partial charge on any atom is 0.195 e. The third-order valence-corrected chi connectivity index (χ3v) is 5.53. The number of unbranched alkanes of at least 4 members (excludes halogenated alkanes) is 2. The van der Waals surface area contributed by atoms with Gasteiger partial charge in [0, 0.05) is 5.39 Å². The van der Waals surface area contributed by atoms with Crippen LogP contribution in [0.2, 0.25) is 0 Å². The average molecular weight is 334 g/mol. The number of fused-ring (bicyclic) bond motifs is 1. The largest absolute Gasteiger partial charge is 0.204 e. The highest BCUT2D eigenvalue weighted by Crippen LogP contribution is 2.39. The van der Waals surface area contributed by atoms with Crippen LogP contribution >= 0.6 is 0 Å². The molecule has 1 aliphatic rings. The molecule has 0 saturated heterocycles. The number of hydrogen-bond donors (Lipinski definition) is 0. The zero-order valence-corrected chi connectivity index (χ0v) is 14.3. The van der Waals surface area contributed by atoms with Gasteiger partial charge in [0.15, 0.2) is 17.5 Å². The van der Waals surface area contributed by atoms with Gasteiger partial charge in [-0.1, -0.05) is 50.8 Å². The van der Waals surface area contributed by atoms with Crippen molar-refractivity contribution in [2.45, 2.75) is 64.2 Å². The number of benzene rings is 2. The van der Waals surface area contributed by atoms with Crippen molar-refractivity contribution < 1.29 is 13.2 Å². The Kier molecular flexibility index (Phi) is 5.47. The van der Waals surface area contributed by atoms with E-state index in [9.17, 15) is 13.2 Å². The second-order valence-electron chi connectivity index (χ2n) is 7.18. The second kappa shape index (κ2) is 7.58. The highest BCUT2D eigenvalue weighted by atomic mass is 19.2. The van der Waals surface area contributed by atoms with Crippen molar-refractivity contribution in [1.29, 1.82) is 0 Å². The van der Waals surface area contributed by atoms with Gasteiger partial charge in [-0.15, -0.1) is 0 Å². The van der Waals surface area contributed by atoms with Gasteiger partial charge in [-0.3, -0.25) is 0 Å². The molecule has 2 aromatic carbocycles. The number of halogens is 3. The van der Waals surface area contributed by atoms with Crippen molar-refractivity contribution >= 4 is 10.8 Å². The van der Waals surface area contributed by atoms with Crippen molar-refractivity contribution in [3.05, 3.63) is 47.3 Å². The first-order valence-electron chi connectivity index (χ1n) is 9.17. The molecule has 130 valence electrons. The normalized spacial score (nSPS) is 21.3. The molecule has 0 nitrogen and oxygen atoms in total. The van der Waals surface area contributed by atoms with Crippen LogP contribution in [0.3, 0.4) is 0 Å². The Labute approximate surface area is 142 Å². The molecule has 1 saturated carbocycles. The van der Waals surface area contributed by atoms with Gasteiger partial charge in [0.05, 0.1) is 0 Å². The van der Waals surface area contributed by atoms with Gasteiger partial charge in [0.2, 0.25) is 0 Å². The summed E-state index contributed by atoms with van der Waals surface area (Å²) >= 11 is 0. The highest BCUT2D eigenvalue weighted by Gasteiger charge is 2.23. The summed E-state index contributed by atoms with van der Waals surface area (Å²) in [4.78, 5) is 0. The van der Waals surface area contributed by atoms with Crippen LogP contribution in [0, 0.1) is 23.4 Å². The predicted octanol–water partition coefficient (Wildman–Crippen LogP) is 7.11. The lowest BCUT2D eigenvalue weighted by Crippen LogP contribution is -2.13. The molecule has 1 fully saturated rings. The van der Waals surface area contributed by atoms with E-state index in [1.54, 1.807) is 6.07 Å². The Hall–Kier alpha value is -1.51. The van der Waals surface area contributed by atoms with Crippen LogP contribution in [0.1, 0.15) is 69.8 Å². The molecular formula is C21H25F3. The van der Waals surface area contributed by atoms with Crippen LogP contribution in [0.15, 0.2) is 24.3 Å². The van der Waals surface area contributed by atoms with Gasteiger partial charge in [0.1, 0.15) is 0 Å². The Morgan fingerprint density at radius 2 is 1.67 bits per heavy atom. The molecule has 0 radical (unpaired) electrons.